The van der Waals surface area contributed by atoms with Crippen LogP contribution in [0.15, 0.2) is 59.4 Å². The van der Waals surface area contributed by atoms with Gasteiger partial charge in [-0.3, -0.25) is 9.69 Å². The monoisotopic (exact) mass is 436 g/mol. The van der Waals surface area contributed by atoms with E-state index in [1.807, 2.05) is 6.07 Å². The lowest BCUT2D eigenvalue weighted by molar-refractivity contribution is 0.147. The van der Waals surface area contributed by atoms with Crippen molar-refractivity contribution in [2.75, 3.05) is 6.54 Å². The second kappa shape index (κ2) is 7.92. The molecule has 1 amide bonds. The molecule has 156 valence electrons. The minimum Gasteiger partial charge on any atom is -0.410 e. The second-order valence-corrected chi connectivity index (χ2v) is 8.14. The summed E-state index contributed by atoms with van der Waals surface area (Å²) in [5.74, 6) is 0.146. The number of hydrogen-bond acceptors (Lipinski definition) is 6. The predicted molar refractivity (Wildman–Crippen MR) is 115 cm³/mol. The van der Waals surface area contributed by atoms with E-state index in [4.69, 9.17) is 4.74 Å². The predicted octanol–water partition coefficient (Wildman–Crippen LogP) is 4.52. The normalized spacial score (nSPS) is 16.0. The molecule has 0 radical (unpaired) electrons. The number of nitrogens with zero attached hydrogens (tertiary/aromatic N) is 3. The molecule has 1 saturated heterocycles. The topological polar surface area (TPSA) is 88.2 Å². The van der Waals surface area contributed by atoms with Crippen LogP contribution >= 0.6 is 11.3 Å². The molecule has 1 aliphatic rings. The van der Waals surface area contributed by atoms with Gasteiger partial charge in [0.15, 0.2) is 10.3 Å². The van der Waals surface area contributed by atoms with E-state index in [-0.39, 0.29) is 22.9 Å². The van der Waals surface area contributed by atoms with Crippen LogP contribution in [0.2, 0.25) is 0 Å². The molecule has 31 heavy (non-hydrogen) atoms. The quantitative estimate of drug-likeness (QED) is 0.510. The average molecular weight is 436 g/mol. The molecule has 0 bridgehead atoms. The molecule has 1 unspecified atom stereocenters. The molecular formula is C22H17FN4O3S. The van der Waals surface area contributed by atoms with Gasteiger partial charge in [-0.25, -0.2) is 19.2 Å². The summed E-state index contributed by atoms with van der Waals surface area (Å²) in [6.07, 6.45) is 1.05. The Labute approximate surface area is 180 Å². The molecule has 3 heterocycles. The van der Waals surface area contributed by atoms with Crippen molar-refractivity contribution in [2.45, 2.75) is 18.9 Å². The number of rotatable bonds is 3. The molecule has 1 atom stereocenters. The van der Waals surface area contributed by atoms with E-state index >= 15 is 0 Å². The number of halogens is 1. The number of aromatic nitrogens is 3. The molecule has 4 aromatic rings. The van der Waals surface area contributed by atoms with E-state index < -0.39 is 17.5 Å². The molecule has 7 nitrogen and oxygen atoms in total. The van der Waals surface area contributed by atoms with Crippen LogP contribution in [0.4, 0.5) is 9.18 Å². The summed E-state index contributed by atoms with van der Waals surface area (Å²) < 4.78 is 19.6. The standard InChI is InChI=1S/C22H17FN4O3S/c23-15-10-5-4-9-14(15)18-25-19(28)17-21(26-18)31-20(24-17)16-11-6-12-27(16)22(29)30-13-7-2-1-3-8-13/h1-5,7-10,16H,6,11-12H2,(H,25,26,28). The van der Waals surface area contributed by atoms with Crippen LogP contribution in [0.3, 0.4) is 0 Å². The van der Waals surface area contributed by atoms with Crippen molar-refractivity contribution < 1.29 is 13.9 Å². The molecule has 1 N–H and O–H groups in total. The third-order valence-electron chi connectivity index (χ3n) is 5.14. The molecule has 2 aromatic carbocycles. The number of nitrogens with one attached hydrogen (secondary N) is 1. The van der Waals surface area contributed by atoms with Gasteiger partial charge in [-0.1, -0.05) is 41.7 Å². The fraction of sp³-hybridized carbons (Fsp3) is 0.182. The third-order valence-corrected chi connectivity index (χ3v) is 6.19. The number of amides is 1. The van der Waals surface area contributed by atoms with Crippen LogP contribution in [0.5, 0.6) is 5.75 Å². The Morgan fingerprint density at radius 2 is 1.90 bits per heavy atom. The van der Waals surface area contributed by atoms with E-state index in [0.717, 1.165) is 6.42 Å². The fourth-order valence-corrected chi connectivity index (χ4v) is 4.75. The summed E-state index contributed by atoms with van der Waals surface area (Å²) in [4.78, 5) is 38.8. The number of thiazole rings is 1. The zero-order valence-electron chi connectivity index (χ0n) is 16.2. The molecule has 2 aromatic heterocycles. The highest BCUT2D eigenvalue weighted by Crippen LogP contribution is 2.36. The van der Waals surface area contributed by atoms with Gasteiger partial charge in [0.05, 0.1) is 11.6 Å². The smallest absolute Gasteiger partial charge is 0.410 e. The van der Waals surface area contributed by atoms with Crippen molar-refractivity contribution in [1.29, 1.82) is 0 Å². The molecule has 9 heteroatoms. The van der Waals surface area contributed by atoms with Gasteiger partial charge in [-0.05, 0) is 37.1 Å². The van der Waals surface area contributed by atoms with Gasteiger partial charge in [-0.2, -0.15) is 0 Å². The molecule has 0 saturated carbocycles. The average Bonchev–Trinajstić information content (AvgIpc) is 3.42. The lowest BCUT2D eigenvalue weighted by atomic mass is 10.2. The van der Waals surface area contributed by atoms with Crippen molar-refractivity contribution in [3.63, 3.8) is 0 Å². The molecule has 1 aliphatic heterocycles. The Morgan fingerprint density at radius 1 is 1.13 bits per heavy atom. The van der Waals surface area contributed by atoms with Crippen LogP contribution in [-0.4, -0.2) is 32.5 Å². The highest BCUT2D eigenvalue weighted by atomic mass is 32.1. The molecule has 5 rings (SSSR count). The summed E-state index contributed by atoms with van der Waals surface area (Å²) in [6, 6.07) is 14.7. The van der Waals surface area contributed by atoms with Gasteiger partial charge in [0.2, 0.25) is 0 Å². The Balaban J connectivity index is 1.47. The van der Waals surface area contributed by atoms with Gasteiger partial charge in [-0.15, -0.1) is 0 Å². The summed E-state index contributed by atoms with van der Waals surface area (Å²) in [5.41, 5.74) is -0.0455. The van der Waals surface area contributed by atoms with Crippen LogP contribution in [0.25, 0.3) is 21.7 Å². The maximum atomic E-state index is 14.1. The first-order valence-corrected chi connectivity index (χ1v) is 10.6. The van der Waals surface area contributed by atoms with Crippen molar-refractivity contribution >= 4 is 27.8 Å². The number of hydrogen-bond donors (Lipinski definition) is 1. The van der Waals surface area contributed by atoms with Gasteiger partial charge in [0, 0.05) is 6.54 Å². The molecule has 0 aliphatic carbocycles. The maximum absolute atomic E-state index is 14.1. The highest BCUT2D eigenvalue weighted by molar-refractivity contribution is 7.18. The summed E-state index contributed by atoms with van der Waals surface area (Å²) in [6.45, 7) is 0.538. The number of para-hydroxylation sites is 1. The van der Waals surface area contributed by atoms with E-state index in [9.17, 15) is 14.0 Å². The van der Waals surface area contributed by atoms with E-state index in [0.29, 0.717) is 28.6 Å². The van der Waals surface area contributed by atoms with Crippen LogP contribution < -0.4 is 10.3 Å². The minimum absolute atomic E-state index is 0.151. The third kappa shape index (κ3) is 3.68. The summed E-state index contributed by atoms with van der Waals surface area (Å²) >= 11 is 1.24. The Morgan fingerprint density at radius 3 is 2.71 bits per heavy atom. The largest absolute Gasteiger partial charge is 0.415 e. The molecule has 1 fully saturated rings. The van der Waals surface area contributed by atoms with Gasteiger partial charge < -0.3 is 9.72 Å². The first kappa shape index (κ1) is 19.4. The zero-order valence-corrected chi connectivity index (χ0v) is 17.1. The number of likely N-dealkylation sites (tertiary alicyclic amines) is 1. The number of aromatic amines is 1. The number of benzene rings is 2. The SMILES string of the molecule is O=C(Oc1ccccc1)N1CCCC1c1nc2c(=O)[nH]c(-c3ccccc3F)nc2s1. The van der Waals surface area contributed by atoms with Gasteiger partial charge in [0.25, 0.3) is 5.56 Å². The Bertz CT molecular complexity index is 1320. The van der Waals surface area contributed by atoms with E-state index in [1.165, 1.54) is 17.4 Å². The molecular weight excluding hydrogens is 419 g/mol. The second-order valence-electron chi connectivity index (χ2n) is 7.13. The van der Waals surface area contributed by atoms with Crippen molar-refractivity contribution in [2.24, 2.45) is 0 Å². The zero-order chi connectivity index (χ0) is 21.4. The minimum atomic E-state index is -0.472. The van der Waals surface area contributed by atoms with Crippen LogP contribution in [0.1, 0.15) is 23.9 Å². The number of H-pyrrole nitrogens is 1. The van der Waals surface area contributed by atoms with Crippen molar-refractivity contribution in [1.82, 2.24) is 19.9 Å². The first-order chi connectivity index (χ1) is 15.1. The van der Waals surface area contributed by atoms with Crippen molar-refractivity contribution in [3.05, 3.63) is 75.8 Å². The van der Waals surface area contributed by atoms with E-state index in [2.05, 4.69) is 15.0 Å². The number of ether oxygens (including phenoxy) is 1. The summed E-state index contributed by atoms with van der Waals surface area (Å²) in [7, 11) is 0. The van der Waals surface area contributed by atoms with Crippen LogP contribution in [0, 0.1) is 5.82 Å². The summed E-state index contributed by atoms with van der Waals surface area (Å²) in [5, 5.41) is 0.612. The van der Waals surface area contributed by atoms with E-state index in [1.54, 1.807) is 47.4 Å². The number of carbonyl (C=O) groups is 1. The highest BCUT2D eigenvalue weighted by Gasteiger charge is 2.34. The number of carbonyl (C=O) groups excluding carboxylic acids is 1. The Kier molecular flexibility index (Phi) is 4.95. The van der Waals surface area contributed by atoms with Gasteiger partial charge in [0.1, 0.15) is 22.4 Å². The Hall–Kier alpha value is -3.59. The van der Waals surface area contributed by atoms with Gasteiger partial charge >= 0.3 is 6.09 Å². The van der Waals surface area contributed by atoms with Crippen LogP contribution in [-0.2, 0) is 0 Å². The molecule has 0 spiro atoms. The number of fused-ring (bicyclic) bond motifs is 1. The fourth-order valence-electron chi connectivity index (χ4n) is 3.66. The first-order valence-electron chi connectivity index (χ1n) is 9.79. The lowest BCUT2D eigenvalue weighted by Gasteiger charge is -2.22. The maximum Gasteiger partial charge on any atom is 0.415 e. The van der Waals surface area contributed by atoms with Crippen molar-refractivity contribution in [3.8, 4) is 17.1 Å². The lowest BCUT2D eigenvalue weighted by Crippen LogP contribution is -2.33.